The number of nitrogens with two attached hydrogens (primary N) is 1. The molecule has 0 aliphatic heterocycles. The molecule has 0 bridgehead atoms. The summed E-state index contributed by atoms with van der Waals surface area (Å²) in [7, 11) is 0. The van der Waals surface area contributed by atoms with Crippen LogP contribution in [0.2, 0.25) is 0 Å². The summed E-state index contributed by atoms with van der Waals surface area (Å²) in [6.45, 7) is 0. The molecule has 0 saturated heterocycles. The number of hydrogen-bond donors (Lipinski definition) is 3. The fraction of sp³-hybridized carbons (Fsp3) is 0. The van der Waals surface area contributed by atoms with Crippen LogP contribution in [0.5, 0.6) is 0 Å². The van der Waals surface area contributed by atoms with Gasteiger partial charge in [0, 0.05) is 4.47 Å². The minimum atomic E-state index is -0.590. The highest BCUT2D eigenvalue weighted by atomic mass is 79.9. The summed E-state index contributed by atoms with van der Waals surface area (Å²) in [5.41, 5.74) is 3.45. The number of benzene rings is 2. The van der Waals surface area contributed by atoms with Gasteiger partial charge in [-0.15, -0.1) is 0 Å². The van der Waals surface area contributed by atoms with Crippen molar-refractivity contribution >= 4 is 33.8 Å². The van der Waals surface area contributed by atoms with Gasteiger partial charge in [-0.05, 0) is 39.7 Å². The van der Waals surface area contributed by atoms with E-state index in [2.05, 4.69) is 21.2 Å². The van der Waals surface area contributed by atoms with Gasteiger partial charge in [0.05, 0.1) is 5.56 Å². The number of amides is 2. The molecule has 122 valence electrons. The van der Waals surface area contributed by atoms with Crippen LogP contribution in [0.25, 0.3) is 6.08 Å². The molecule has 0 aliphatic rings. The monoisotopic (exact) mass is 385 g/mol. The first-order valence-corrected chi connectivity index (χ1v) is 7.91. The zero-order valence-electron chi connectivity index (χ0n) is 12.7. The van der Waals surface area contributed by atoms with E-state index in [0.717, 1.165) is 5.56 Å². The maximum atomic E-state index is 12.3. The summed E-state index contributed by atoms with van der Waals surface area (Å²) in [4.78, 5) is 24.1. The molecule has 4 N–H and O–H groups in total. The van der Waals surface area contributed by atoms with Crippen molar-refractivity contribution in [2.24, 2.45) is 5.84 Å². The molecule has 0 atom stereocenters. The van der Waals surface area contributed by atoms with E-state index in [9.17, 15) is 9.59 Å². The van der Waals surface area contributed by atoms with Crippen molar-refractivity contribution in [1.29, 1.82) is 0 Å². The van der Waals surface area contributed by atoms with E-state index in [4.69, 9.17) is 5.84 Å². The van der Waals surface area contributed by atoms with E-state index in [1.54, 1.807) is 30.3 Å². The summed E-state index contributed by atoms with van der Waals surface area (Å²) in [5, 5.41) is 2.56. The molecule has 0 heterocycles. The molecule has 2 aromatic rings. The van der Waals surface area contributed by atoms with Crippen LogP contribution in [0.15, 0.2) is 76.9 Å². The molecule has 0 fully saturated rings. The van der Waals surface area contributed by atoms with Crippen LogP contribution in [0.1, 0.15) is 15.9 Å². The SMILES string of the molecule is NNC(=O)C(=CC=Cc1ccccc1)NC(=O)c1ccccc1Br. The van der Waals surface area contributed by atoms with Crippen molar-refractivity contribution in [3.8, 4) is 0 Å². The number of hydrazine groups is 1. The lowest BCUT2D eigenvalue weighted by atomic mass is 10.2. The summed E-state index contributed by atoms with van der Waals surface area (Å²) >= 11 is 3.30. The minimum Gasteiger partial charge on any atom is -0.317 e. The molecule has 24 heavy (non-hydrogen) atoms. The van der Waals surface area contributed by atoms with Crippen molar-refractivity contribution in [3.05, 3.63) is 88.0 Å². The van der Waals surface area contributed by atoms with E-state index >= 15 is 0 Å². The number of carbonyl (C=O) groups excluding carboxylic acids is 2. The fourth-order valence-corrected chi connectivity index (χ4v) is 2.37. The lowest BCUT2D eigenvalue weighted by molar-refractivity contribution is -0.117. The average molecular weight is 386 g/mol. The first-order valence-electron chi connectivity index (χ1n) is 7.12. The highest BCUT2D eigenvalue weighted by molar-refractivity contribution is 9.10. The lowest BCUT2D eigenvalue weighted by Crippen LogP contribution is -2.38. The number of rotatable bonds is 5. The molecule has 5 nitrogen and oxygen atoms in total. The van der Waals surface area contributed by atoms with Gasteiger partial charge in [0.1, 0.15) is 5.70 Å². The van der Waals surface area contributed by atoms with Gasteiger partial charge in [-0.2, -0.15) is 0 Å². The van der Waals surface area contributed by atoms with Crippen molar-refractivity contribution < 1.29 is 9.59 Å². The predicted octanol–water partition coefficient (Wildman–Crippen LogP) is 2.77. The molecule has 0 aliphatic carbocycles. The Morgan fingerprint density at radius 2 is 1.67 bits per heavy atom. The second kappa shape index (κ2) is 8.81. The maximum absolute atomic E-state index is 12.3. The summed E-state index contributed by atoms with van der Waals surface area (Å²) in [6, 6.07) is 16.5. The second-order valence-electron chi connectivity index (χ2n) is 4.76. The van der Waals surface area contributed by atoms with Gasteiger partial charge in [-0.3, -0.25) is 15.0 Å². The Bertz CT molecular complexity index is 786. The highest BCUT2D eigenvalue weighted by Crippen LogP contribution is 2.16. The van der Waals surface area contributed by atoms with E-state index < -0.39 is 11.8 Å². The van der Waals surface area contributed by atoms with Gasteiger partial charge in [-0.1, -0.05) is 54.6 Å². The van der Waals surface area contributed by atoms with E-state index in [1.165, 1.54) is 6.08 Å². The first kappa shape index (κ1) is 17.7. The molecule has 0 spiro atoms. The Balaban J connectivity index is 2.18. The van der Waals surface area contributed by atoms with Crippen LogP contribution in [-0.2, 0) is 4.79 Å². The van der Waals surface area contributed by atoms with Crippen molar-refractivity contribution in [1.82, 2.24) is 10.7 Å². The van der Waals surface area contributed by atoms with Crippen molar-refractivity contribution in [2.45, 2.75) is 0 Å². The van der Waals surface area contributed by atoms with Gasteiger partial charge in [0.15, 0.2) is 0 Å². The Labute approximate surface area is 148 Å². The standard InChI is InChI=1S/C18H16BrN3O2/c19-15-11-5-4-10-14(15)17(23)21-16(18(24)22-20)12-6-9-13-7-2-1-3-8-13/h1-12H,20H2,(H,21,23)(H,22,24). The maximum Gasteiger partial charge on any atom is 0.281 e. The molecule has 2 aromatic carbocycles. The van der Waals surface area contributed by atoms with Crippen LogP contribution in [0, 0.1) is 0 Å². The Morgan fingerprint density at radius 3 is 2.33 bits per heavy atom. The van der Waals surface area contributed by atoms with Gasteiger partial charge in [0.25, 0.3) is 11.8 Å². The third-order valence-electron chi connectivity index (χ3n) is 3.09. The first-order chi connectivity index (χ1) is 11.6. The Morgan fingerprint density at radius 1 is 1.00 bits per heavy atom. The van der Waals surface area contributed by atoms with Crippen LogP contribution >= 0.6 is 15.9 Å². The lowest BCUT2D eigenvalue weighted by Gasteiger charge is -2.09. The Kier molecular flexibility index (Phi) is 6.48. The molecule has 2 amide bonds. The zero-order valence-corrected chi connectivity index (χ0v) is 14.3. The number of nitrogens with one attached hydrogen (secondary N) is 2. The van der Waals surface area contributed by atoms with Crippen LogP contribution in [0.3, 0.4) is 0 Å². The average Bonchev–Trinajstić information content (AvgIpc) is 2.61. The van der Waals surface area contributed by atoms with Crippen LogP contribution in [-0.4, -0.2) is 11.8 Å². The van der Waals surface area contributed by atoms with E-state index in [1.807, 2.05) is 41.8 Å². The Hall–Kier alpha value is -2.70. The van der Waals surface area contributed by atoms with Gasteiger partial charge < -0.3 is 5.32 Å². The number of carbonyl (C=O) groups is 2. The second-order valence-corrected chi connectivity index (χ2v) is 5.61. The largest absolute Gasteiger partial charge is 0.317 e. The third kappa shape index (κ3) is 4.91. The minimum absolute atomic E-state index is 0.0467. The van der Waals surface area contributed by atoms with Gasteiger partial charge >= 0.3 is 0 Å². The molecule has 0 aromatic heterocycles. The summed E-state index contributed by atoms with van der Waals surface area (Å²) < 4.78 is 0.634. The normalized spacial score (nSPS) is 11.3. The van der Waals surface area contributed by atoms with E-state index in [-0.39, 0.29) is 5.70 Å². The van der Waals surface area contributed by atoms with Crippen LogP contribution in [0.4, 0.5) is 0 Å². The quantitative estimate of drug-likeness (QED) is 0.243. The molecule has 0 unspecified atom stereocenters. The van der Waals surface area contributed by atoms with Crippen LogP contribution < -0.4 is 16.6 Å². The zero-order chi connectivity index (χ0) is 17.4. The van der Waals surface area contributed by atoms with Crippen molar-refractivity contribution in [3.63, 3.8) is 0 Å². The molecular weight excluding hydrogens is 370 g/mol. The highest BCUT2D eigenvalue weighted by Gasteiger charge is 2.14. The van der Waals surface area contributed by atoms with Crippen molar-refractivity contribution in [2.75, 3.05) is 0 Å². The van der Waals surface area contributed by atoms with E-state index in [0.29, 0.717) is 10.0 Å². The smallest absolute Gasteiger partial charge is 0.281 e. The number of allylic oxidation sites excluding steroid dienone is 2. The summed E-state index contributed by atoms with van der Waals surface area (Å²) in [5.74, 6) is 4.17. The molecule has 2 rings (SSSR count). The van der Waals surface area contributed by atoms with Gasteiger partial charge in [0.2, 0.25) is 0 Å². The fourth-order valence-electron chi connectivity index (χ4n) is 1.91. The molecular formula is C18H16BrN3O2. The predicted molar refractivity (Wildman–Crippen MR) is 97.5 cm³/mol. The molecule has 0 radical (unpaired) electrons. The molecule has 0 saturated carbocycles. The summed E-state index contributed by atoms with van der Waals surface area (Å²) in [6.07, 6.45) is 4.97. The number of hydrogen-bond acceptors (Lipinski definition) is 3. The molecule has 6 heteroatoms. The van der Waals surface area contributed by atoms with Gasteiger partial charge in [-0.25, -0.2) is 5.84 Å². The third-order valence-corrected chi connectivity index (χ3v) is 3.79. The topological polar surface area (TPSA) is 84.2 Å². The number of halogens is 1.